The first-order valence-corrected chi connectivity index (χ1v) is 6.23. The van der Waals surface area contributed by atoms with Crippen LogP contribution in [0.3, 0.4) is 0 Å². The lowest BCUT2D eigenvalue weighted by atomic mass is 9.94. The highest BCUT2D eigenvalue weighted by Gasteiger charge is 2.45. The van der Waals surface area contributed by atoms with Crippen molar-refractivity contribution < 1.29 is 4.74 Å². The summed E-state index contributed by atoms with van der Waals surface area (Å²) in [6, 6.07) is 0.939. The van der Waals surface area contributed by atoms with Gasteiger partial charge in [-0.05, 0) is 55.1 Å². The summed E-state index contributed by atoms with van der Waals surface area (Å²) >= 11 is 0. The van der Waals surface area contributed by atoms with Crippen molar-refractivity contribution in [3.63, 3.8) is 0 Å². The number of nitrogens with one attached hydrogen (secondary N) is 1. The molecular formula is C13H28N2O. The first-order chi connectivity index (χ1) is 7.12. The van der Waals surface area contributed by atoms with E-state index in [2.05, 4.69) is 58.9 Å². The number of hydrogen-bond acceptors (Lipinski definition) is 3. The predicted molar refractivity (Wildman–Crippen MR) is 68.8 cm³/mol. The zero-order valence-electron chi connectivity index (χ0n) is 11.9. The van der Waals surface area contributed by atoms with Crippen LogP contribution in [0.2, 0.25) is 0 Å². The van der Waals surface area contributed by atoms with E-state index in [1.165, 1.54) is 0 Å². The molecule has 1 aliphatic rings. The maximum atomic E-state index is 6.08. The molecule has 1 rings (SSSR count). The fourth-order valence-electron chi connectivity index (χ4n) is 2.77. The summed E-state index contributed by atoms with van der Waals surface area (Å²) < 4.78 is 6.08. The summed E-state index contributed by atoms with van der Waals surface area (Å²) in [6.45, 7) is 12.0. The van der Waals surface area contributed by atoms with Gasteiger partial charge in [0.2, 0.25) is 0 Å². The second kappa shape index (κ2) is 4.63. The second-order valence-electron chi connectivity index (χ2n) is 6.55. The lowest BCUT2D eigenvalue weighted by Gasteiger charge is -2.30. The van der Waals surface area contributed by atoms with Gasteiger partial charge in [-0.15, -0.1) is 0 Å². The Morgan fingerprint density at radius 3 is 2.25 bits per heavy atom. The monoisotopic (exact) mass is 228 g/mol. The van der Waals surface area contributed by atoms with Crippen LogP contribution in [0.1, 0.15) is 41.0 Å². The van der Waals surface area contributed by atoms with Gasteiger partial charge in [0.05, 0.1) is 11.2 Å². The Morgan fingerprint density at radius 1 is 1.31 bits per heavy atom. The number of rotatable bonds is 4. The molecule has 0 bridgehead atoms. The van der Waals surface area contributed by atoms with Crippen LogP contribution in [-0.4, -0.2) is 48.8 Å². The minimum Gasteiger partial charge on any atom is -0.368 e. The lowest BCUT2D eigenvalue weighted by molar-refractivity contribution is -0.0704. The quantitative estimate of drug-likeness (QED) is 0.795. The molecule has 0 aromatic heterocycles. The van der Waals surface area contributed by atoms with Crippen LogP contribution in [-0.2, 0) is 4.74 Å². The molecular weight excluding hydrogens is 200 g/mol. The van der Waals surface area contributed by atoms with Gasteiger partial charge in [-0.1, -0.05) is 0 Å². The van der Waals surface area contributed by atoms with Gasteiger partial charge in [0, 0.05) is 18.6 Å². The van der Waals surface area contributed by atoms with E-state index in [1.54, 1.807) is 0 Å². The van der Waals surface area contributed by atoms with Crippen molar-refractivity contribution in [2.24, 2.45) is 0 Å². The molecule has 1 heterocycles. The average molecular weight is 228 g/mol. The van der Waals surface area contributed by atoms with Crippen LogP contribution in [0, 0.1) is 0 Å². The van der Waals surface area contributed by atoms with Crippen molar-refractivity contribution in [3.8, 4) is 0 Å². The normalized spacial score (nSPS) is 29.6. The molecule has 2 atom stereocenters. The molecule has 0 radical (unpaired) electrons. The molecule has 0 aromatic rings. The molecule has 0 saturated carbocycles. The summed E-state index contributed by atoms with van der Waals surface area (Å²) in [5.74, 6) is 0. The summed E-state index contributed by atoms with van der Waals surface area (Å²) in [4.78, 5) is 2.21. The molecule has 1 aliphatic heterocycles. The zero-order chi connectivity index (χ0) is 12.6. The van der Waals surface area contributed by atoms with Gasteiger partial charge in [0.1, 0.15) is 0 Å². The first kappa shape index (κ1) is 13.9. The van der Waals surface area contributed by atoms with E-state index in [1.807, 2.05) is 0 Å². The molecule has 0 aromatic carbocycles. The predicted octanol–water partition coefficient (Wildman–Crippen LogP) is 1.87. The molecule has 1 fully saturated rings. The third-order valence-corrected chi connectivity index (χ3v) is 3.20. The average Bonchev–Trinajstić information content (AvgIpc) is 2.16. The van der Waals surface area contributed by atoms with E-state index in [9.17, 15) is 0 Å². The van der Waals surface area contributed by atoms with Crippen LogP contribution < -0.4 is 5.32 Å². The summed E-state index contributed by atoms with van der Waals surface area (Å²) in [7, 11) is 4.22. The fourth-order valence-corrected chi connectivity index (χ4v) is 2.77. The van der Waals surface area contributed by atoms with Gasteiger partial charge in [-0.3, -0.25) is 0 Å². The second-order valence-corrected chi connectivity index (χ2v) is 6.55. The maximum Gasteiger partial charge on any atom is 0.0787 e. The molecule has 2 unspecified atom stereocenters. The van der Waals surface area contributed by atoms with Gasteiger partial charge < -0.3 is 15.0 Å². The van der Waals surface area contributed by atoms with Crippen LogP contribution in [0.4, 0.5) is 0 Å². The third kappa shape index (κ3) is 3.72. The molecule has 0 aliphatic carbocycles. The van der Waals surface area contributed by atoms with Crippen molar-refractivity contribution >= 4 is 0 Å². The van der Waals surface area contributed by atoms with E-state index in [4.69, 9.17) is 4.74 Å². The maximum absolute atomic E-state index is 6.08. The van der Waals surface area contributed by atoms with Crippen LogP contribution in [0.15, 0.2) is 0 Å². The van der Waals surface area contributed by atoms with Crippen molar-refractivity contribution in [1.82, 2.24) is 10.2 Å². The molecule has 0 spiro atoms. The van der Waals surface area contributed by atoms with E-state index in [0.717, 1.165) is 13.0 Å². The van der Waals surface area contributed by atoms with Gasteiger partial charge in [0.15, 0.2) is 0 Å². The number of hydrogen-bond donors (Lipinski definition) is 1. The minimum absolute atomic E-state index is 0.000989. The lowest BCUT2D eigenvalue weighted by Crippen LogP contribution is -2.49. The van der Waals surface area contributed by atoms with Crippen molar-refractivity contribution in [2.45, 2.75) is 64.3 Å². The van der Waals surface area contributed by atoms with E-state index >= 15 is 0 Å². The van der Waals surface area contributed by atoms with Gasteiger partial charge in [-0.2, -0.15) is 0 Å². The number of ether oxygens (including phenoxy) is 1. The van der Waals surface area contributed by atoms with Gasteiger partial charge in [-0.25, -0.2) is 0 Å². The van der Waals surface area contributed by atoms with Crippen molar-refractivity contribution in [3.05, 3.63) is 0 Å². The largest absolute Gasteiger partial charge is 0.368 e. The summed E-state index contributed by atoms with van der Waals surface area (Å²) in [5.41, 5.74) is -0.0664. The minimum atomic E-state index is -0.0654. The van der Waals surface area contributed by atoms with Gasteiger partial charge in [0.25, 0.3) is 0 Å². The molecule has 3 nitrogen and oxygen atoms in total. The standard InChI is InChI=1S/C13H28N2O/c1-10(9-15(6)7)14-11-8-12(2,3)16-13(11,4)5/h10-11,14H,8-9H2,1-7H3. The van der Waals surface area contributed by atoms with Gasteiger partial charge >= 0.3 is 0 Å². The molecule has 16 heavy (non-hydrogen) atoms. The SMILES string of the molecule is CC(CN(C)C)NC1CC(C)(C)OC1(C)C. The summed E-state index contributed by atoms with van der Waals surface area (Å²) in [5, 5.41) is 3.69. The zero-order valence-corrected chi connectivity index (χ0v) is 11.9. The summed E-state index contributed by atoms with van der Waals surface area (Å²) in [6.07, 6.45) is 1.08. The first-order valence-electron chi connectivity index (χ1n) is 6.23. The van der Waals surface area contributed by atoms with Crippen LogP contribution in [0.5, 0.6) is 0 Å². The Kier molecular flexibility index (Phi) is 4.04. The Bertz CT molecular complexity index is 236. The molecule has 1 saturated heterocycles. The highest BCUT2D eigenvalue weighted by atomic mass is 16.5. The highest BCUT2D eigenvalue weighted by molar-refractivity contribution is 4.99. The van der Waals surface area contributed by atoms with E-state index in [-0.39, 0.29) is 11.2 Å². The Hall–Kier alpha value is -0.120. The van der Waals surface area contributed by atoms with Crippen LogP contribution >= 0.6 is 0 Å². The van der Waals surface area contributed by atoms with Crippen molar-refractivity contribution in [1.29, 1.82) is 0 Å². The Morgan fingerprint density at radius 2 is 1.88 bits per heavy atom. The molecule has 96 valence electrons. The fraction of sp³-hybridized carbons (Fsp3) is 1.00. The van der Waals surface area contributed by atoms with Crippen LogP contribution in [0.25, 0.3) is 0 Å². The number of nitrogens with zero attached hydrogens (tertiary/aromatic N) is 1. The molecule has 0 amide bonds. The van der Waals surface area contributed by atoms with E-state index in [0.29, 0.717) is 12.1 Å². The topological polar surface area (TPSA) is 24.5 Å². The highest BCUT2D eigenvalue weighted by Crippen LogP contribution is 2.37. The van der Waals surface area contributed by atoms with Crippen molar-refractivity contribution in [2.75, 3.05) is 20.6 Å². The third-order valence-electron chi connectivity index (χ3n) is 3.20. The molecule has 1 N–H and O–H groups in total. The Balaban J connectivity index is 2.54. The smallest absolute Gasteiger partial charge is 0.0787 e. The number of likely N-dealkylation sites (N-methyl/N-ethyl adjacent to an activating group) is 1. The van der Waals surface area contributed by atoms with E-state index < -0.39 is 0 Å². The Labute approximate surface area is 101 Å². The molecule has 3 heteroatoms.